The van der Waals surface area contributed by atoms with Crippen LogP contribution < -0.4 is 11.1 Å². The molecule has 104 valence electrons. The minimum absolute atomic E-state index is 0.0171. The number of halogens is 2. The Labute approximate surface area is 114 Å². The zero-order chi connectivity index (χ0) is 14.7. The fraction of sp³-hybridized carbons (Fsp3) is 0.143. The van der Waals surface area contributed by atoms with Gasteiger partial charge in [0.05, 0.1) is 11.3 Å². The quantitative estimate of drug-likeness (QED) is 0.901. The Hall–Kier alpha value is -2.50. The zero-order valence-electron chi connectivity index (χ0n) is 10.8. The molecular weight excluding hydrogens is 264 g/mol. The van der Waals surface area contributed by atoms with Gasteiger partial charge in [-0.2, -0.15) is 0 Å². The zero-order valence-corrected chi connectivity index (χ0v) is 10.8. The van der Waals surface area contributed by atoms with Crippen LogP contribution in [0.2, 0.25) is 0 Å². The van der Waals surface area contributed by atoms with Gasteiger partial charge < -0.3 is 11.1 Å². The van der Waals surface area contributed by atoms with Crippen molar-refractivity contribution in [2.24, 2.45) is 5.73 Å². The number of hydrogen-bond donors (Lipinski definition) is 2. The molecule has 1 aromatic carbocycles. The molecule has 0 spiro atoms. The Balaban J connectivity index is 2.24. The minimum atomic E-state index is -0.974. The van der Waals surface area contributed by atoms with Gasteiger partial charge in [0, 0.05) is 25.0 Å². The third kappa shape index (κ3) is 2.90. The van der Waals surface area contributed by atoms with E-state index in [1.54, 1.807) is 12.4 Å². The van der Waals surface area contributed by atoms with E-state index in [2.05, 4.69) is 10.3 Å². The third-order valence-electron chi connectivity index (χ3n) is 2.94. The maximum atomic E-state index is 13.6. The predicted molar refractivity (Wildman–Crippen MR) is 71.2 cm³/mol. The highest BCUT2D eigenvalue weighted by Gasteiger charge is 2.13. The molecule has 3 N–H and O–H groups in total. The molecule has 0 bridgehead atoms. The van der Waals surface area contributed by atoms with Crippen LogP contribution in [0.4, 0.5) is 14.5 Å². The number of nitrogens with zero attached hydrogens (tertiary/aromatic N) is 1. The van der Waals surface area contributed by atoms with E-state index in [-0.39, 0.29) is 11.3 Å². The number of anilines is 1. The molecule has 0 saturated carbocycles. The molecule has 0 unspecified atom stereocenters. The molecule has 0 fully saturated rings. The summed E-state index contributed by atoms with van der Waals surface area (Å²) in [6, 6.07) is 3.53. The Kier molecular flexibility index (Phi) is 3.93. The van der Waals surface area contributed by atoms with Crippen molar-refractivity contribution in [3.63, 3.8) is 0 Å². The second-order valence-electron chi connectivity index (χ2n) is 4.33. The number of rotatable bonds is 4. The number of pyridine rings is 1. The van der Waals surface area contributed by atoms with Gasteiger partial charge in [0.2, 0.25) is 0 Å². The standard InChI is InChI=1S/C14H13F2N3O/c1-8-2-3-18-6-9(8)7-19-13-4-10(14(17)20)11(15)5-12(13)16/h2-6,19H,7H2,1H3,(H2,17,20). The lowest BCUT2D eigenvalue weighted by Crippen LogP contribution is -2.14. The number of amides is 1. The second-order valence-corrected chi connectivity index (χ2v) is 4.33. The van der Waals surface area contributed by atoms with Gasteiger partial charge in [0.25, 0.3) is 5.91 Å². The highest BCUT2D eigenvalue weighted by Crippen LogP contribution is 2.20. The molecule has 0 aliphatic heterocycles. The van der Waals surface area contributed by atoms with Crippen molar-refractivity contribution in [1.29, 1.82) is 0 Å². The van der Waals surface area contributed by atoms with Crippen LogP contribution in [0.15, 0.2) is 30.6 Å². The third-order valence-corrected chi connectivity index (χ3v) is 2.94. The molecule has 0 radical (unpaired) electrons. The normalized spacial score (nSPS) is 10.3. The maximum absolute atomic E-state index is 13.6. The molecule has 4 nitrogen and oxygen atoms in total. The molecule has 6 heteroatoms. The molecule has 20 heavy (non-hydrogen) atoms. The Bertz CT molecular complexity index is 659. The van der Waals surface area contributed by atoms with Crippen molar-refractivity contribution in [3.05, 3.63) is 58.9 Å². The van der Waals surface area contributed by atoms with Crippen molar-refractivity contribution in [1.82, 2.24) is 4.98 Å². The number of benzene rings is 1. The van der Waals surface area contributed by atoms with Crippen LogP contribution in [0.1, 0.15) is 21.5 Å². The number of hydrogen-bond acceptors (Lipinski definition) is 3. The molecule has 0 atom stereocenters. The molecule has 0 saturated heterocycles. The summed E-state index contributed by atoms with van der Waals surface area (Å²) in [4.78, 5) is 15.0. The van der Waals surface area contributed by atoms with Gasteiger partial charge >= 0.3 is 0 Å². The summed E-state index contributed by atoms with van der Waals surface area (Å²) >= 11 is 0. The van der Waals surface area contributed by atoms with Gasteiger partial charge in [0.15, 0.2) is 0 Å². The van der Waals surface area contributed by atoms with E-state index in [4.69, 9.17) is 5.73 Å². The summed E-state index contributed by atoms with van der Waals surface area (Å²) in [5.74, 6) is -2.70. The highest BCUT2D eigenvalue weighted by atomic mass is 19.1. The first-order valence-corrected chi connectivity index (χ1v) is 5.91. The average molecular weight is 277 g/mol. The van der Waals surface area contributed by atoms with Gasteiger partial charge in [-0.1, -0.05) is 0 Å². The second kappa shape index (κ2) is 5.64. The van der Waals surface area contributed by atoms with Gasteiger partial charge in [-0.05, 0) is 30.2 Å². The largest absolute Gasteiger partial charge is 0.379 e. The van der Waals surface area contributed by atoms with Crippen molar-refractivity contribution in [3.8, 4) is 0 Å². The Morgan fingerprint density at radius 3 is 2.75 bits per heavy atom. The number of primary amides is 1. The Morgan fingerprint density at radius 2 is 2.10 bits per heavy atom. The smallest absolute Gasteiger partial charge is 0.251 e. The van der Waals surface area contributed by atoms with Crippen molar-refractivity contribution < 1.29 is 13.6 Å². The minimum Gasteiger partial charge on any atom is -0.379 e. The van der Waals surface area contributed by atoms with Gasteiger partial charge in [0.1, 0.15) is 11.6 Å². The summed E-state index contributed by atoms with van der Waals surface area (Å²) in [6.07, 6.45) is 3.31. The van der Waals surface area contributed by atoms with E-state index in [0.29, 0.717) is 12.6 Å². The van der Waals surface area contributed by atoms with Gasteiger partial charge in [-0.25, -0.2) is 8.78 Å². The predicted octanol–water partition coefficient (Wildman–Crippen LogP) is 2.38. The number of aromatic nitrogens is 1. The SMILES string of the molecule is Cc1ccncc1CNc1cc(C(N)=O)c(F)cc1F. The molecule has 0 aliphatic carbocycles. The van der Waals surface area contributed by atoms with Crippen LogP contribution in [-0.4, -0.2) is 10.9 Å². The van der Waals surface area contributed by atoms with E-state index in [1.165, 1.54) is 0 Å². The maximum Gasteiger partial charge on any atom is 0.251 e. The van der Waals surface area contributed by atoms with E-state index < -0.39 is 17.5 Å². The van der Waals surface area contributed by atoms with Crippen molar-refractivity contribution >= 4 is 11.6 Å². The highest BCUT2D eigenvalue weighted by molar-refractivity contribution is 5.94. The number of nitrogens with one attached hydrogen (secondary N) is 1. The summed E-state index contributed by atoms with van der Waals surface area (Å²) in [5.41, 5.74) is 6.56. The molecular formula is C14H13F2N3O. The van der Waals surface area contributed by atoms with Crippen molar-refractivity contribution in [2.75, 3.05) is 5.32 Å². The number of nitrogens with two attached hydrogens (primary N) is 1. The molecule has 2 aromatic rings. The Morgan fingerprint density at radius 1 is 1.35 bits per heavy atom. The molecule has 0 aliphatic rings. The van der Waals surface area contributed by atoms with Crippen LogP contribution in [0.5, 0.6) is 0 Å². The first-order chi connectivity index (χ1) is 9.49. The summed E-state index contributed by atoms with van der Waals surface area (Å²) in [5, 5.41) is 2.80. The molecule has 1 amide bonds. The van der Waals surface area contributed by atoms with Crippen LogP contribution >= 0.6 is 0 Å². The van der Waals surface area contributed by atoms with Gasteiger partial charge in [-0.15, -0.1) is 0 Å². The van der Waals surface area contributed by atoms with Crippen LogP contribution in [0.3, 0.4) is 0 Å². The molecule has 2 rings (SSSR count). The lowest BCUT2D eigenvalue weighted by Gasteiger charge is -2.10. The molecule has 1 aromatic heterocycles. The number of aryl methyl sites for hydroxylation is 1. The fourth-order valence-corrected chi connectivity index (χ4v) is 1.75. The lowest BCUT2D eigenvalue weighted by molar-refractivity contribution is 0.0996. The summed E-state index contributed by atoms with van der Waals surface area (Å²) in [7, 11) is 0. The summed E-state index contributed by atoms with van der Waals surface area (Å²) in [6.45, 7) is 2.20. The van der Waals surface area contributed by atoms with Gasteiger partial charge in [-0.3, -0.25) is 9.78 Å². The van der Waals surface area contributed by atoms with Crippen LogP contribution in [-0.2, 0) is 6.54 Å². The monoisotopic (exact) mass is 277 g/mol. The number of carbonyl (C=O) groups is 1. The van der Waals surface area contributed by atoms with E-state index >= 15 is 0 Å². The fourth-order valence-electron chi connectivity index (χ4n) is 1.75. The van der Waals surface area contributed by atoms with Crippen LogP contribution in [0.25, 0.3) is 0 Å². The first-order valence-electron chi connectivity index (χ1n) is 5.91. The first kappa shape index (κ1) is 13.9. The topological polar surface area (TPSA) is 68.0 Å². The lowest BCUT2D eigenvalue weighted by atomic mass is 10.1. The van der Waals surface area contributed by atoms with Crippen LogP contribution in [0, 0.1) is 18.6 Å². The van der Waals surface area contributed by atoms with E-state index in [1.807, 2.05) is 13.0 Å². The van der Waals surface area contributed by atoms with Crippen molar-refractivity contribution in [2.45, 2.75) is 13.5 Å². The number of carbonyl (C=O) groups excluding carboxylic acids is 1. The van der Waals surface area contributed by atoms with E-state index in [9.17, 15) is 13.6 Å². The average Bonchev–Trinajstić information content (AvgIpc) is 2.39. The van der Waals surface area contributed by atoms with E-state index in [0.717, 1.165) is 17.2 Å². The molecule has 1 heterocycles. The summed E-state index contributed by atoms with van der Waals surface area (Å²) < 4.78 is 27.0.